The molecule has 0 saturated carbocycles. The molecule has 0 bridgehead atoms. The maximum absolute atomic E-state index is 14.1. The van der Waals surface area contributed by atoms with E-state index in [9.17, 15) is 4.39 Å². The Bertz CT molecular complexity index is 1020. The Morgan fingerprint density at radius 3 is 3.00 bits per heavy atom. The molecule has 152 valence electrons. The summed E-state index contributed by atoms with van der Waals surface area (Å²) in [6, 6.07) is 3.30. The van der Waals surface area contributed by atoms with Crippen LogP contribution in [0.25, 0.3) is 17.0 Å². The number of fused-ring (bicyclic) bond motifs is 1. The quantitative estimate of drug-likeness (QED) is 0.665. The second-order valence-corrected chi connectivity index (χ2v) is 7.27. The summed E-state index contributed by atoms with van der Waals surface area (Å²) >= 11 is 0. The van der Waals surface area contributed by atoms with Gasteiger partial charge in [-0.2, -0.15) is 5.10 Å². The lowest BCUT2D eigenvalue weighted by Crippen LogP contribution is -2.46. The molecule has 2 atom stereocenters. The molecule has 5 rings (SSSR count). The van der Waals surface area contributed by atoms with E-state index in [0.29, 0.717) is 55.8 Å². The van der Waals surface area contributed by atoms with E-state index in [1.54, 1.807) is 30.1 Å². The topological polar surface area (TPSA) is 98.5 Å². The maximum atomic E-state index is 14.1. The molecule has 3 aromatic heterocycles. The molecule has 2 N–H and O–H groups in total. The Morgan fingerprint density at radius 2 is 2.24 bits per heavy atom. The number of hydrogen-bond donors (Lipinski definition) is 2. The van der Waals surface area contributed by atoms with Gasteiger partial charge in [-0.05, 0) is 19.0 Å². The van der Waals surface area contributed by atoms with Gasteiger partial charge in [-0.3, -0.25) is 0 Å². The van der Waals surface area contributed by atoms with Gasteiger partial charge in [0.05, 0.1) is 44.2 Å². The molecule has 29 heavy (non-hydrogen) atoms. The maximum Gasteiger partial charge on any atom is 0.223 e. The first-order valence-electron chi connectivity index (χ1n) is 9.68. The monoisotopic (exact) mass is 399 g/mol. The fourth-order valence-electron chi connectivity index (χ4n) is 3.63. The van der Waals surface area contributed by atoms with E-state index in [-0.39, 0.29) is 12.0 Å². The Hall–Kier alpha value is -2.85. The van der Waals surface area contributed by atoms with E-state index < -0.39 is 6.17 Å². The predicted molar refractivity (Wildman–Crippen MR) is 104 cm³/mol. The summed E-state index contributed by atoms with van der Waals surface area (Å²) in [6.07, 6.45) is 2.91. The highest BCUT2D eigenvalue weighted by Crippen LogP contribution is 2.32. The van der Waals surface area contributed by atoms with Crippen LogP contribution in [0.1, 0.15) is 18.0 Å². The second kappa shape index (κ2) is 7.53. The van der Waals surface area contributed by atoms with Crippen LogP contribution in [0.4, 0.5) is 10.3 Å². The molecule has 2 fully saturated rings. The molecule has 0 radical (unpaired) electrons. The van der Waals surface area contributed by atoms with E-state index in [4.69, 9.17) is 14.6 Å². The summed E-state index contributed by atoms with van der Waals surface area (Å²) in [5, 5.41) is 11.0. The minimum absolute atomic E-state index is 0.201. The first kappa shape index (κ1) is 18.2. The summed E-state index contributed by atoms with van der Waals surface area (Å²) in [7, 11) is 1.63. The molecule has 0 aromatic carbocycles. The van der Waals surface area contributed by atoms with Gasteiger partial charge in [0.25, 0.3) is 0 Å². The normalized spacial score (nSPS) is 22.4. The lowest BCUT2D eigenvalue weighted by molar-refractivity contribution is 0.00530. The number of alkyl halides is 1. The van der Waals surface area contributed by atoms with E-state index in [2.05, 4.69) is 25.6 Å². The van der Waals surface area contributed by atoms with Gasteiger partial charge in [0.2, 0.25) is 5.95 Å². The molecule has 0 aliphatic carbocycles. The highest BCUT2D eigenvalue weighted by atomic mass is 19.1. The van der Waals surface area contributed by atoms with Gasteiger partial charge < -0.3 is 20.1 Å². The van der Waals surface area contributed by atoms with Crippen LogP contribution in [0, 0.1) is 0 Å². The number of methoxy groups -OCH3 is 1. The number of piperidine rings is 1. The molecule has 0 amide bonds. The van der Waals surface area contributed by atoms with Gasteiger partial charge >= 0.3 is 0 Å². The van der Waals surface area contributed by atoms with Crippen molar-refractivity contribution in [1.82, 2.24) is 29.9 Å². The predicted octanol–water partition coefficient (Wildman–Crippen LogP) is 1.42. The summed E-state index contributed by atoms with van der Waals surface area (Å²) in [5.74, 6) is 1.29. The summed E-state index contributed by atoms with van der Waals surface area (Å²) in [4.78, 5) is 13.3. The van der Waals surface area contributed by atoms with Gasteiger partial charge in [0.1, 0.15) is 23.3 Å². The van der Waals surface area contributed by atoms with E-state index in [1.165, 1.54) is 0 Å². The van der Waals surface area contributed by atoms with Crippen LogP contribution in [0.3, 0.4) is 0 Å². The highest BCUT2D eigenvalue weighted by Gasteiger charge is 2.28. The fraction of sp³-hybridized carbons (Fsp3) is 0.474. The largest absolute Gasteiger partial charge is 0.495 e. The molecular weight excluding hydrogens is 377 g/mol. The van der Waals surface area contributed by atoms with E-state index in [1.807, 2.05) is 6.07 Å². The van der Waals surface area contributed by atoms with Crippen LogP contribution in [0.2, 0.25) is 0 Å². The fourth-order valence-corrected chi connectivity index (χ4v) is 3.63. The molecule has 3 aromatic rings. The molecule has 2 unspecified atom stereocenters. The molecule has 5 heterocycles. The minimum atomic E-state index is -0.930. The van der Waals surface area contributed by atoms with Crippen molar-refractivity contribution < 1.29 is 13.9 Å². The smallest absolute Gasteiger partial charge is 0.223 e. The Morgan fingerprint density at radius 1 is 1.34 bits per heavy atom. The number of hydrogen-bond acceptors (Lipinski definition) is 8. The summed E-state index contributed by atoms with van der Waals surface area (Å²) in [6.45, 7) is 2.48. The van der Waals surface area contributed by atoms with Crippen LogP contribution in [-0.4, -0.2) is 70.2 Å². The van der Waals surface area contributed by atoms with E-state index in [0.717, 1.165) is 11.4 Å². The van der Waals surface area contributed by atoms with Crippen LogP contribution in [0.5, 0.6) is 5.75 Å². The number of aromatic nitrogens is 5. The van der Waals surface area contributed by atoms with Crippen molar-refractivity contribution in [3.05, 3.63) is 30.2 Å². The Balaban J connectivity index is 1.49. The van der Waals surface area contributed by atoms with Gasteiger partial charge in [-0.25, -0.2) is 23.9 Å². The average Bonchev–Trinajstić information content (AvgIpc) is 3.11. The molecule has 2 saturated heterocycles. The van der Waals surface area contributed by atoms with Crippen molar-refractivity contribution in [3.8, 4) is 17.1 Å². The molecular formula is C19H22FN7O2. The Labute approximate surface area is 166 Å². The molecule has 2 aliphatic rings. The zero-order chi connectivity index (χ0) is 19.8. The van der Waals surface area contributed by atoms with Crippen LogP contribution >= 0.6 is 0 Å². The third kappa shape index (κ3) is 3.38. The summed E-state index contributed by atoms with van der Waals surface area (Å²) < 4.78 is 26.7. The number of anilines is 1. The third-order valence-electron chi connectivity index (χ3n) is 5.36. The van der Waals surface area contributed by atoms with Crippen molar-refractivity contribution in [1.29, 1.82) is 0 Å². The SMILES string of the molecule is COc1cc2ncc(-c3ccnc(NC4CNCCC4F)n3)n2nc1C1COC1. The molecule has 2 aliphatic heterocycles. The average molecular weight is 399 g/mol. The van der Waals surface area contributed by atoms with Gasteiger partial charge in [0, 0.05) is 18.8 Å². The second-order valence-electron chi connectivity index (χ2n) is 7.27. The van der Waals surface area contributed by atoms with Crippen molar-refractivity contribution >= 4 is 11.6 Å². The van der Waals surface area contributed by atoms with Crippen molar-refractivity contribution in [2.75, 3.05) is 38.7 Å². The zero-order valence-electron chi connectivity index (χ0n) is 16.0. The van der Waals surface area contributed by atoms with Crippen molar-refractivity contribution in [2.24, 2.45) is 0 Å². The number of ether oxygens (including phenoxy) is 2. The molecule has 0 spiro atoms. The number of imidazole rings is 1. The number of halogens is 1. The number of rotatable bonds is 5. The van der Waals surface area contributed by atoms with Crippen LogP contribution in [0.15, 0.2) is 24.5 Å². The first-order chi connectivity index (χ1) is 14.2. The number of nitrogens with one attached hydrogen (secondary N) is 2. The standard InChI is InChI=1S/C19H22FN7O2/c1-28-16-6-17-23-8-15(27(17)26-18(16)11-9-29-10-11)13-3-5-22-19(24-13)25-14-7-21-4-2-12(14)20/h3,5-6,8,11-12,14,21H,2,4,7,9-10H2,1H3,(H,22,24,25). The van der Waals surface area contributed by atoms with Crippen molar-refractivity contribution in [3.63, 3.8) is 0 Å². The van der Waals surface area contributed by atoms with Crippen LogP contribution < -0.4 is 15.4 Å². The third-order valence-corrected chi connectivity index (χ3v) is 5.36. The summed E-state index contributed by atoms with van der Waals surface area (Å²) in [5.41, 5.74) is 2.89. The lowest BCUT2D eigenvalue weighted by atomic mass is 10.0. The molecule has 9 nitrogen and oxygen atoms in total. The number of nitrogens with zero attached hydrogens (tertiary/aromatic N) is 5. The van der Waals surface area contributed by atoms with Gasteiger partial charge in [-0.15, -0.1) is 0 Å². The zero-order valence-corrected chi connectivity index (χ0v) is 16.0. The minimum Gasteiger partial charge on any atom is -0.495 e. The van der Waals surface area contributed by atoms with Crippen molar-refractivity contribution in [2.45, 2.75) is 24.6 Å². The first-order valence-corrected chi connectivity index (χ1v) is 9.68. The highest BCUT2D eigenvalue weighted by molar-refractivity contribution is 5.61. The molecule has 10 heteroatoms. The van der Waals surface area contributed by atoms with Gasteiger partial charge in [0.15, 0.2) is 5.65 Å². The van der Waals surface area contributed by atoms with Crippen LogP contribution in [-0.2, 0) is 4.74 Å². The van der Waals surface area contributed by atoms with E-state index >= 15 is 0 Å². The lowest BCUT2D eigenvalue weighted by Gasteiger charge is -2.27. The van der Waals surface area contributed by atoms with Gasteiger partial charge in [-0.1, -0.05) is 0 Å². The Kier molecular flexibility index (Phi) is 4.72.